The summed E-state index contributed by atoms with van der Waals surface area (Å²) in [7, 11) is -1.07. The zero-order valence-electron chi connectivity index (χ0n) is 16.5. The summed E-state index contributed by atoms with van der Waals surface area (Å²) < 4.78 is 1.67. The molecule has 0 radical (unpaired) electrons. The molecule has 0 bridgehead atoms. The Kier molecular flexibility index (Phi) is 16.0. The molecule has 5 heteroatoms. The molecule has 0 heterocycles. The molecule has 0 saturated heterocycles. The van der Waals surface area contributed by atoms with E-state index in [-0.39, 0.29) is 37.2 Å². The van der Waals surface area contributed by atoms with E-state index in [1.165, 1.54) is 55.7 Å². The van der Waals surface area contributed by atoms with E-state index in [4.69, 9.17) is 0 Å². The van der Waals surface area contributed by atoms with Crippen LogP contribution in [0.5, 0.6) is 0 Å². The third-order valence-corrected chi connectivity index (χ3v) is 9.56. The Morgan fingerprint density at radius 3 is 2.08 bits per heavy atom. The van der Waals surface area contributed by atoms with Gasteiger partial charge in [-0.15, -0.1) is 0 Å². The van der Waals surface area contributed by atoms with E-state index < -0.39 is 8.80 Å². The quantitative estimate of drug-likeness (QED) is 0.275. The van der Waals surface area contributed by atoms with Gasteiger partial charge in [0.1, 0.15) is 0 Å². The van der Waals surface area contributed by atoms with Crippen LogP contribution in [0.2, 0.25) is 6.04 Å². The molecule has 0 N–H and O–H groups in total. The van der Waals surface area contributed by atoms with Crippen LogP contribution in [0.25, 0.3) is 0 Å². The summed E-state index contributed by atoms with van der Waals surface area (Å²) in [5, 5.41) is 3.49. The van der Waals surface area contributed by atoms with Gasteiger partial charge in [-0.25, -0.2) is 0 Å². The second kappa shape index (κ2) is 14.5. The smallest absolute Gasteiger partial charge is 1.00 e. The second-order valence-electron chi connectivity index (χ2n) is 7.05. The molecule has 0 nitrogen and oxygen atoms in total. The van der Waals surface area contributed by atoms with Crippen LogP contribution in [-0.2, 0) is 20.4 Å². The summed E-state index contributed by atoms with van der Waals surface area (Å²) in [6.07, 6.45) is 10.4. The minimum absolute atomic E-state index is 0. The second-order valence-corrected chi connectivity index (χ2v) is 10.9. The fourth-order valence-electron chi connectivity index (χ4n) is 3.87. The van der Waals surface area contributed by atoms with Crippen LogP contribution in [0, 0.1) is 13.8 Å². The fourth-order valence-corrected chi connectivity index (χ4v) is 8.92. The first-order valence-electron chi connectivity index (χ1n) is 9.29. The number of benzene rings is 1. The fraction of sp³-hybridized carbons (Fsp3) is 0.524. The average molecular weight is 466 g/mol. The van der Waals surface area contributed by atoms with Gasteiger partial charge in [0.05, 0.1) is 0 Å². The van der Waals surface area contributed by atoms with Crippen molar-refractivity contribution >= 4 is 14.0 Å². The van der Waals surface area contributed by atoms with Gasteiger partial charge in [-0.1, -0.05) is 0 Å². The number of unbranched alkanes of at least 4 members (excludes halogenated alkanes) is 2. The summed E-state index contributed by atoms with van der Waals surface area (Å²) in [5.74, 6) is 0. The van der Waals surface area contributed by atoms with Crippen molar-refractivity contribution in [2.75, 3.05) is 0 Å². The van der Waals surface area contributed by atoms with Gasteiger partial charge in [0, 0.05) is 0 Å². The van der Waals surface area contributed by atoms with E-state index in [1.807, 2.05) is 5.20 Å². The molecule has 1 aromatic rings. The van der Waals surface area contributed by atoms with Gasteiger partial charge in [-0.2, -0.15) is 0 Å². The Hall–Kier alpha value is 0.501. The zero-order valence-corrected chi connectivity index (χ0v) is 21.5. The van der Waals surface area contributed by atoms with Crippen molar-refractivity contribution in [3.8, 4) is 0 Å². The molecule has 2 rings (SSSR count). The van der Waals surface area contributed by atoms with Gasteiger partial charge in [0.2, 0.25) is 0 Å². The number of rotatable bonds is 8. The summed E-state index contributed by atoms with van der Waals surface area (Å²) in [4.78, 5) is 0. The van der Waals surface area contributed by atoms with E-state index in [2.05, 4.69) is 72.4 Å². The average Bonchev–Trinajstić information content (AvgIpc) is 2.84. The van der Waals surface area contributed by atoms with Gasteiger partial charge in [0.25, 0.3) is 0 Å². The van der Waals surface area contributed by atoms with Gasteiger partial charge in [-0.3, -0.25) is 0 Å². The predicted molar refractivity (Wildman–Crippen MR) is 102 cm³/mol. The van der Waals surface area contributed by atoms with Gasteiger partial charge < -0.3 is 37.2 Å². The van der Waals surface area contributed by atoms with Crippen LogP contribution in [0.3, 0.4) is 0 Å². The first-order valence-corrected chi connectivity index (χ1v) is 12.0. The molecule has 0 saturated carbocycles. The van der Waals surface area contributed by atoms with Crippen LogP contribution in [0.1, 0.15) is 63.5 Å². The van der Waals surface area contributed by atoms with E-state index in [9.17, 15) is 0 Å². The first kappa shape index (κ1) is 28.7. The summed E-state index contributed by atoms with van der Waals surface area (Å²) in [5.41, 5.74) is 4.56. The molecule has 26 heavy (non-hydrogen) atoms. The zero-order chi connectivity index (χ0) is 16.8. The van der Waals surface area contributed by atoms with E-state index in [0.717, 1.165) is 0 Å². The largest absolute Gasteiger partial charge is 1.00 e. The van der Waals surface area contributed by atoms with E-state index in [0.29, 0.717) is 0 Å². The Bertz CT molecular complexity index is 591. The van der Waals surface area contributed by atoms with Crippen LogP contribution in [-0.4, -0.2) is 8.80 Å². The van der Waals surface area contributed by atoms with Crippen molar-refractivity contribution in [3.05, 3.63) is 50.0 Å². The molecule has 0 aliphatic heterocycles. The number of allylic oxidation sites excluding steroid dienone is 4. The number of hydrogen-bond acceptors (Lipinski definition) is 0. The van der Waals surface area contributed by atoms with Crippen LogP contribution >= 0.6 is 0 Å². The molecule has 1 aliphatic rings. The minimum Gasteiger partial charge on any atom is -1.00 e. The van der Waals surface area contributed by atoms with Crippen molar-refractivity contribution < 1.29 is 57.7 Å². The maximum Gasteiger partial charge on any atom is -1.00 e. The van der Waals surface area contributed by atoms with Crippen molar-refractivity contribution in [1.29, 1.82) is 0 Å². The van der Waals surface area contributed by atoms with Gasteiger partial charge >= 0.3 is 157 Å². The molecule has 1 unspecified atom stereocenters. The molecule has 0 fully saturated rings. The van der Waals surface area contributed by atoms with Crippen molar-refractivity contribution in [2.24, 2.45) is 0 Å². The first-order chi connectivity index (χ1) is 11.1. The summed E-state index contributed by atoms with van der Waals surface area (Å²) >= 11 is 2.39. The monoisotopic (exact) mass is 464 g/mol. The molecule has 144 valence electrons. The van der Waals surface area contributed by atoms with Crippen molar-refractivity contribution in [2.45, 2.75) is 72.3 Å². The van der Waals surface area contributed by atoms with Gasteiger partial charge in [0.15, 0.2) is 0 Å². The number of halogens is 3. The normalized spacial score (nSPS) is 14.2. The third-order valence-electron chi connectivity index (χ3n) is 4.83. The minimum atomic E-state index is -1.07. The SMILES string of the molecule is CCCCC[SiH](C1=[C]([Ti+3])CC=C1CCC)c1cc(C)cc(C)c1.[Cl-].[Cl-].[Cl-]. The van der Waals surface area contributed by atoms with Crippen molar-refractivity contribution in [3.63, 3.8) is 0 Å². The molecule has 1 aliphatic carbocycles. The Morgan fingerprint density at radius 1 is 0.923 bits per heavy atom. The molecule has 0 spiro atoms. The maximum atomic E-state index is 2.52. The Morgan fingerprint density at radius 2 is 1.54 bits per heavy atom. The molecular formula is C21H31Cl3SiTi. The van der Waals surface area contributed by atoms with Crippen molar-refractivity contribution in [1.82, 2.24) is 0 Å². The molecular weight excluding hydrogens is 435 g/mol. The standard InChI is InChI=1S/C21H31Si.3ClH.Ti/c1-5-7-8-13-22(20-15-17(3)14-18(4)16-20)21-12-9-11-19(21)10-6-2;;;;/h11,14-16,22H,5-10,13H2,1-4H3;3*1H;/q;;;;+3/p-3. The molecule has 0 amide bonds. The predicted octanol–water partition coefficient (Wildman–Crippen LogP) is -3.59. The molecule has 1 atom stereocenters. The molecule has 0 aromatic heterocycles. The van der Waals surface area contributed by atoms with Crippen LogP contribution < -0.4 is 42.4 Å². The maximum absolute atomic E-state index is 2.52. The third kappa shape index (κ3) is 7.86. The van der Waals surface area contributed by atoms with Crippen LogP contribution in [0.15, 0.2) is 38.9 Å². The number of aryl methyl sites for hydroxylation is 2. The number of hydrogen-bond donors (Lipinski definition) is 0. The van der Waals surface area contributed by atoms with Gasteiger partial charge in [-0.05, 0) is 0 Å². The Labute approximate surface area is 192 Å². The van der Waals surface area contributed by atoms with E-state index >= 15 is 0 Å². The summed E-state index contributed by atoms with van der Waals surface area (Å²) in [6.45, 7) is 9.14. The summed E-state index contributed by atoms with van der Waals surface area (Å²) in [6, 6.07) is 8.72. The Balaban J connectivity index is 0. The van der Waals surface area contributed by atoms with E-state index in [1.54, 1.807) is 14.6 Å². The molecule has 1 aromatic carbocycles. The van der Waals surface area contributed by atoms with Crippen LogP contribution in [0.4, 0.5) is 0 Å². The topological polar surface area (TPSA) is 0 Å².